The summed E-state index contributed by atoms with van der Waals surface area (Å²) in [5, 5.41) is 5.58. The second-order valence-electron chi connectivity index (χ2n) is 3.44. The van der Waals surface area contributed by atoms with Crippen LogP contribution in [0, 0.1) is 26.2 Å². The Bertz CT molecular complexity index is 421. The van der Waals surface area contributed by atoms with E-state index >= 15 is 0 Å². The Morgan fingerprint density at radius 2 is 2.25 bits per heavy atom. The van der Waals surface area contributed by atoms with Crippen molar-refractivity contribution in [3.63, 3.8) is 0 Å². The molecule has 84 valence electrons. The lowest BCUT2D eigenvalue weighted by Gasteiger charge is -2.08. The van der Waals surface area contributed by atoms with Crippen LogP contribution in [0.5, 0.6) is 0 Å². The van der Waals surface area contributed by atoms with Crippen LogP contribution in [0.15, 0.2) is 12.1 Å². The Hall–Kier alpha value is -1.86. The van der Waals surface area contributed by atoms with Crippen LogP contribution in [0.1, 0.15) is 11.4 Å². The van der Waals surface area contributed by atoms with Crippen molar-refractivity contribution in [1.82, 2.24) is 10.3 Å². The molecule has 0 fully saturated rings. The van der Waals surface area contributed by atoms with Crippen molar-refractivity contribution < 1.29 is 4.79 Å². The number of aryl methyl sites for hydroxylation is 2. The fourth-order valence-electron chi connectivity index (χ4n) is 1.26. The smallest absolute Gasteiger partial charge is 0.238 e. The highest BCUT2D eigenvalue weighted by molar-refractivity contribution is 5.92. The van der Waals surface area contributed by atoms with Gasteiger partial charge in [0, 0.05) is 5.69 Å². The Kier molecular flexibility index (Phi) is 4.49. The number of pyridine rings is 1. The number of anilines is 1. The van der Waals surface area contributed by atoms with Crippen molar-refractivity contribution in [2.24, 2.45) is 0 Å². The topological polar surface area (TPSA) is 54.0 Å². The molecule has 2 N–H and O–H groups in total. The van der Waals surface area contributed by atoms with Crippen molar-refractivity contribution in [2.75, 3.05) is 18.4 Å². The van der Waals surface area contributed by atoms with Crippen LogP contribution in [-0.4, -0.2) is 24.0 Å². The molecule has 16 heavy (non-hydrogen) atoms. The van der Waals surface area contributed by atoms with Crippen molar-refractivity contribution in [3.8, 4) is 12.3 Å². The minimum Gasteiger partial charge on any atom is -0.323 e. The summed E-state index contributed by atoms with van der Waals surface area (Å²) in [6.45, 7) is 4.36. The molecule has 0 aliphatic rings. The van der Waals surface area contributed by atoms with Crippen LogP contribution in [0.3, 0.4) is 0 Å². The molecule has 0 aliphatic carbocycles. The number of hydrogen-bond acceptors (Lipinski definition) is 3. The van der Waals surface area contributed by atoms with Crippen LogP contribution in [0.2, 0.25) is 0 Å². The summed E-state index contributed by atoms with van der Waals surface area (Å²) >= 11 is 0. The molecule has 1 amide bonds. The van der Waals surface area contributed by atoms with Gasteiger partial charge in [-0.05, 0) is 26.0 Å². The van der Waals surface area contributed by atoms with Gasteiger partial charge in [-0.25, -0.2) is 0 Å². The standard InChI is InChI=1S/C12H15N3O/c1-4-7-13-8-12(16)15-11-6-5-9(2)14-10(11)3/h1,5-6,13H,7-8H2,2-3H3,(H,15,16). The number of nitrogens with zero attached hydrogens (tertiary/aromatic N) is 1. The molecule has 0 radical (unpaired) electrons. The number of terminal acetylenes is 1. The SMILES string of the molecule is C#CCNCC(=O)Nc1ccc(C)nc1C. The maximum Gasteiger partial charge on any atom is 0.238 e. The summed E-state index contributed by atoms with van der Waals surface area (Å²) in [7, 11) is 0. The average Bonchev–Trinajstić information content (AvgIpc) is 2.23. The van der Waals surface area contributed by atoms with Crippen LogP contribution in [0.4, 0.5) is 5.69 Å². The third-order valence-corrected chi connectivity index (χ3v) is 2.01. The van der Waals surface area contributed by atoms with Gasteiger partial charge in [0.1, 0.15) is 0 Å². The number of carbonyl (C=O) groups excluding carboxylic acids is 1. The van der Waals surface area contributed by atoms with E-state index in [9.17, 15) is 4.79 Å². The second-order valence-corrected chi connectivity index (χ2v) is 3.44. The van der Waals surface area contributed by atoms with E-state index in [0.717, 1.165) is 17.1 Å². The zero-order valence-corrected chi connectivity index (χ0v) is 9.50. The molecule has 0 atom stereocenters. The van der Waals surface area contributed by atoms with Crippen LogP contribution in [-0.2, 0) is 4.79 Å². The van der Waals surface area contributed by atoms with E-state index in [4.69, 9.17) is 6.42 Å². The van der Waals surface area contributed by atoms with Gasteiger partial charge in [-0.2, -0.15) is 0 Å². The van der Waals surface area contributed by atoms with Gasteiger partial charge in [-0.15, -0.1) is 6.42 Å². The van der Waals surface area contributed by atoms with Gasteiger partial charge >= 0.3 is 0 Å². The van der Waals surface area contributed by atoms with E-state index in [-0.39, 0.29) is 12.5 Å². The molecule has 1 aromatic rings. The van der Waals surface area contributed by atoms with E-state index in [2.05, 4.69) is 21.5 Å². The molecule has 1 rings (SSSR count). The third kappa shape index (κ3) is 3.71. The number of aromatic nitrogens is 1. The highest BCUT2D eigenvalue weighted by atomic mass is 16.1. The molecule has 0 aliphatic heterocycles. The maximum absolute atomic E-state index is 11.5. The Morgan fingerprint density at radius 3 is 2.88 bits per heavy atom. The van der Waals surface area contributed by atoms with E-state index in [1.807, 2.05) is 26.0 Å². The molecular formula is C12H15N3O. The molecule has 1 heterocycles. The monoisotopic (exact) mass is 217 g/mol. The number of carbonyl (C=O) groups is 1. The molecule has 4 heteroatoms. The zero-order valence-electron chi connectivity index (χ0n) is 9.50. The van der Waals surface area contributed by atoms with E-state index < -0.39 is 0 Å². The lowest BCUT2D eigenvalue weighted by molar-refractivity contribution is -0.115. The lowest BCUT2D eigenvalue weighted by atomic mass is 10.2. The predicted molar refractivity (Wildman–Crippen MR) is 64.0 cm³/mol. The molecule has 0 aromatic carbocycles. The summed E-state index contributed by atoms with van der Waals surface area (Å²) in [5.41, 5.74) is 2.48. The molecule has 0 bridgehead atoms. The Morgan fingerprint density at radius 1 is 1.50 bits per heavy atom. The van der Waals surface area contributed by atoms with E-state index in [0.29, 0.717) is 6.54 Å². The van der Waals surface area contributed by atoms with Gasteiger partial charge in [0.25, 0.3) is 0 Å². The Balaban J connectivity index is 2.53. The van der Waals surface area contributed by atoms with Crippen LogP contribution >= 0.6 is 0 Å². The Labute approximate surface area is 95.5 Å². The zero-order chi connectivity index (χ0) is 12.0. The van der Waals surface area contributed by atoms with Crippen molar-refractivity contribution in [2.45, 2.75) is 13.8 Å². The van der Waals surface area contributed by atoms with Gasteiger partial charge in [0.15, 0.2) is 0 Å². The van der Waals surface area contributed by atoms with Gasteiger partial charge in [0.2, 0.25) is 5.91 Å². The summed E-state index contributed by atoms with van der Waals surface area (Å²) in [6.07, 6.45) is 5.05. The summed E-state index contributed by atoms with van der Waals surface area (Å²) in [4.78, 5) is 15.7. The fraction of sp³-hybridized carbons (Fsp3) is 0.333. The number of hydrogen-bond donors (Lipinski definition) is 2. The minimum atomic E-state index is -0.121. The second kappa shape index (κ2) is 5.89. The van der Waals surface area contributed by atoms with Gasteiger partial charge in [-0.3, -0.25) is 15.1 Å². The number of amides is 1. The van der Waals surface area contributed by atoms with Crippen LogP contribution < -0.4 is 10.6 Å². The average molecular weight is 217 g/mol. The first-order valence-corrected chi connectivity index (χ1v) is 5.01. The van der Waals surface area contributed by atoms with Gasteiger partial charge in [-0.1, -0.05) is 5.92 Å². The molecule has 0 saturated carbocycles. The third-order valence-electron chi connectivity index (χ3n) is 2.01. The molecule has 1 aromatic heterocycles. The van der Waals surface area contributed by atoms with Crippen LogP contribution in [0.25, 0.3) is 0 Å². The van der Waals surface area contributed by atoms with Crippen molar-refractivity contribution in [1.29, 1.82) is 0 Å². The van der Waals surface area contributed by atoms with E-state index in [1.165, 1.54) is 0 Å². The normalized spacial score (nSPS) is 9.56. The summed E-state index contributed by atoms with van der Waals surface area (Å²) in [6, 6.07) is 3.70. The first kappa shape index (κ1) is 12.2. The molecule has 0 unspecified atom stereocenters. The quantitative estimate of drug-likeness (QED) is 0.581. The summed E-state index contributed by atoms with van der Waals surface area (Å²) in [5.74, 6) is 2.28. The predicted octanol–water partition coefficient (Wildman–Crippen LogP) is 0.860. The molecule has 0 saturated heterocycles. The molecular weight excluding hydrogens is 202 g/mol. The lowest BCUT2D eigenvalue weighted by Crippen LogP contribution is -2.28. The highest BCUT2D eigenvalue weighted by Gasteiger charge is 2.04. The van der Waals surface area contributed by atoms with Crippen molar-refractivity contribution in [3.05, 3.63) is 23.5 Å². The molecule has 4 nitrogen and oxygen atoms in total. The molecule has 0 spiro atoms. The largest absolute Gasteiger partial charge is 0.323 e. The van der Waals surface area contributed by atoms with Gasteiger partial charge < -0.3 is 5.32 Å². The minimum absolute atomic E-state index is 0.121. The number of nitrogens with one attached hydrogen (secondary N) is 2. The van der Waals surface area contributed by atoms with Crippen molar-refractivity contribution >= 4 is 11.6 Å². The maximum atomic E-state index is 11.5. The number of rotatable bonds is 4. The van der Waals surface area contributed by atoms with E-state index in [1.54, 1.807) is 0 Å². The summed E-state index contributed by atoms with van der Waals surface area (Å²) < 4.78 is 0. The highest BCUT2D eigenvalue weighted by Crippen LogP contribution is 2.11. The van der Waals surface area contributed by atoms with Gasteiger partial charge in [0.05, 0.1) is 24.5 Å². The first-order chi connectivity index (χ1) is 7.63. The fourth-order valence-corrected chi connectivity index (χ4v) is 1.26. The first-order valence-electron chi connectivity index (χ1n) is 5.01.